The summed E-state index contributed by atoms with van der Waals surface area (Å²) in [7, 11) is 0. The van der Waals surface area contributed by atoms with Gasteiger partial charge in [-0.3, -0.25) is 0 Å². The zero-order valence-corrected chi connectivity index (χ0v) is 6.97. The van der Waals surface area contributed by atoms with Gasteiger partial charge in [0, 0.05) is 0 Å². The summed E-state index contributed by atoms with van der Waals surface area (Å²) in [4.78, 5) is 0. The molecule has 0 rings (SSSR count). The summed E-state index contributed by atoms with van der Waals surface area (Å²) in [6.45, 7) is 2.24. The molecule has 2 N–H and O–H groups in total. The van der Waals surface area contributed by atoms with Crippen molar-refractivity contribution in [2.75, 3.05) is 0 Å². The molecule has 0 aliphatic rings. The SMILES string of the molecule is CCCCCCCC=CN. The highest BCUT2D eigenvalue weighted by atomic mass is 14.5. The van der Waals surface area contributed by atoms with Gasteiger partial charge in [-0.15, -0.1) is 0 Å². The van der Waals surface area contributed by atoms with Crippen molar-refractivity contribution >= 4 is 0 Å². The monoisotopic (exact) mass is 141 g/mol. The molecule has 60 valence electrons. The van der Waals surface area contributed by atoms with Crippen molar-refractivity contribution in [1.29, 1.82) is 0 Å². The van der Waals surface area contributed by atoms with Crippen LogP contribution in [0.15, 0.2) is 12.3 Å². The third kappa shape index (κ3) is 7.54. The Bertz CT molecular complexity index is 76.8. The molecule has 1 heteroatoms. The Kier molecular flexibility index (Phi) is 8.15. The zero-order valence-electron chi connectivity index (χ0n) is 6.97. The molecule has 0 fully saturated rings. The van der Waals surface area contributed by atoms with Gasteiger partial charge in [0.2, 0.25) is 0 Å². The van der Waals surface area contributed by atoms with E-state index in [1.807, 2.05) is 6.08 Å². The quantitative estimate of drug-likeness (QED) is 0.565. The number of allylic oxidation sites excluding steroid dienone is 1. The van der Waals surface area contributed by atoms with Gasteiger partial charge in [0.1, 0.15) is 0 Å². The van der Waals surface area contributed by atoms with Crippen LogP contribution < -0.4 is 5.73 Å². The molecule has 0 bridgehead atoms. The van der Waals surface area contributed by atoms with Gasteiger partial charge in [0.15, 0.2) is 0 Å². The summed E-state index contributed by atoms with van der Waals surface area (Å²) in [5.74, 6) is 0. The van der Waals surface area contributed by atoms with Crippen LogP contribution in [0.1, 0.15) is 45.4 Å². The summed E-state index contributed by atoms with van der Waals surface area (Å²) >= 11 is 0. The van der Waals surface area contributed by atoms with E-state index in [4.69, 9.17) is 5.73 Å². The van der Waals surface area contributed by atoms with E-state index in [2.05, 4.69) is 6.92 Å². The van der Waals surface area contributed by atoms with E-state index in [0.717, 1.165) is 6.42 Å². The summed E-state index contributed by atoms with van der Waals surface area (Å²) in [5.41, 5.74) is 5.19. The van der Waals surface area contributed by atoms with E-state index < -0.39 is 0 Å². The standard InChI is InChI=1S/C9H19N/c1-2-3-4-5-6-7-8-9-10/h8-9H,2-7,10H2,1H3. The van der Waals surface area contributed by atoms with Gasteiger partial charge in [-0.05, 0) is 19.0 Å². The van der Waals surface area contributed by atoms with Crippen molar-refractivity contribution in [3.63, 3.8) is 0 Å². The topological polar surface area (TPSA) is 26.0 Å². The molecular weight excluding hydrogens is 122 g/mol. The summed E-state index contributed by atoms with van der Waals surface area (Å²) in [6, 6.07) is 0. The van der Waals surface area contributed by atoms with E-state index in [9.17, 15) is 0 Å². The van der Waals surface area contributed by atoms with Crippen LogP contribution in [0.3, 0.4) is 0 Å². The fourth-order valence-electron chi connectivity index (χ4n) is 0.962. The molecular formula is C9H19N. The molecule has 0 amide bonds. The average molecular weight is 141 g/mol. The van der Waals surface area contributed by atoms with E-state index in [0.29, 0.717) is 0 Å². The Labute approximate surface area is 64.3 Å². The highest BCUT2D eigenvalue weighted by molar-refractivity contribution is 4.74. The zero-order chi connectivity index (χ0) is 7.66. The molecule has 0 aliphatic heterocycles. The fourth-order valence-corrected chi connectivity index (χ4v) is 0.962. The maximum absolute atomic E-state index is 5.19. The molecule has 0 aliphatic carbocycles. The van der Waals surface area contributed by atoms with Crippen LogP contribution >= 0.6 is 0 Å². The number of rotatable bonds is 6. The maximum Gasteiger partial charge on any atom is -0.0103 e. The van der Waals surface area contributed by atoms with Crippen molar-refractivity contribution in [1.82, 2.24) is 0 Å². The molecule has 0 radical (unpaired) electrons. The first-order valence-corrected chi connectivity index (χ1v) is 4.28. The first kappa shape index (κ1) is 9.54. The lowest BCUT2D eigenvalue weighted by atomic mass is 10.1. The van der Waals surface area contributed by atoms with Gasteiger partial charge in [-0.2, -0.15) is 0 Å². The number of hydrogen-bond donors (Lipinski definition) is 1. The third-order valence-electron chi connectivity index (χ3n) is 1.61. The van der Waals surface area contributed by atoms with Gasteiger partial charge < -0.3 is 5.73 Å². The van der Waals surface area contributed by atoms with Crippen LogP contribution in [0.4, 0.5) is 0 Å². The molecule has 0 aromatic carbocycles. The first-order valence-electron chi connectivity index (χ1n) is 4.28. The number of unbranched alkanes of at least 4 members (excludes halogenated alkanes) is 5. The maximum atomic E-state index is 5.19. The second-order valence-electron chi connectivity index (χ2n) is 2.63. The Morgan fingerprint density at radius 3 is 2.40 bits per heavy atom. The predicted molar refractivity (Wildman–Crippen MR) is 46.7 cm³/mol. The molecule has 0 spiro atoms. The third-order valence-corrected chi connectivity index (χ3v) is 1.61. The van der Waals surface area contributed by atoms with Gasteiger partial charge in [0.05, 0.1) is 0 Å². The van der Waals surface area contributed by atoms with Crippen LogP contribution in [0.2, 0.25) is 0 Å². The summed E-state index contributed by atoms with van der Waals surface area (Å²) in [5, 5.41) is 0. The van der Waals surface area contributed by atoms with Gasteiger partial charge in [-0.25, -0.2) is 0 Å². The van der Waals surface area contributed by atoms with E-state index in [-0.39, 0.29) is 0 Å². The molecule has 0 saturated carbocycles. The molecule has 0 unspecified atom stereocenters. The van der Waals surface area contributed by atoms with Crippen molar-refractivity contribution < 1.29 is 0 Å². The summed E-state index contributed by atoms with van der Waals surface area (Å²) < 4.78 is 0. The van der Waals surface area contributed by atoms with E-state index >= 15 is 0 Å². The van der Waals surface area contributed by atoms with Gasteiger partial charge in [0.25, 0.3) is 0 Å². The van der Waals surface area contributed by atoms with Crippen molar-refractivity contribution in [3.8, 4) is 0 Å². The molecule has 0 heterocycles. The molecule has 1 nitrogen and oxygen atoms in total. The van der Waals surface area contributed by atoms with Crippen LogP contribution in [-0.2, 0) is 0 Å². The van der Waals surface area contributed by atoms with Crippen LogP contribution in [-0.4, -0.2) is 0 Å². The number of nitrogens with two attached hydrogens (primary N) is 1. The second kappa shape index (κ2) is 8.54. The first-order chi connectivity index (χ1) is 4.91. The molecule has 0 saturated heterocycles. The predicted octanol–water partition coefficient (Wildman–Crippen LogP) is 2.82. The molecule has 0 aromatic heterocycles. The van der Waals surface area contributed by atoms with Crippen molar-refractivity contribution in [2.24, 2.45) is 5.73 Å². The minimum absolute atomic E-state index is 1.15. The lowest BCUT2D eigenvalue weighted by molar-refractivity contribution is 0.637. The van der Waals surface area contributed by atoms with Crippen molar-refractivity contribution in [3.05, 3.63) is 12.3 Å². The fraction of sp³-hybridized carbons (Fsp3) is 0.778. The minimum Gasteiger partial charge on any atom is -0.405 e. The molecule has 0 atom stereocenters. The lowest BCUT2D eigenvalue weighted by Gasteiger charge is -1.94. The Morgan fingerprint density at radius 1 is 1.10 bits per heavy atom. The van der Waals surface area contributed by atoms with Crippen LogP contribution in [0, 0.1) is 0 Å². The van der Waals surface area contributed by atoms with Gasteiger partial charge in [-0.1, -0.05) is 38.7 Å². The molecule has 10 heavy (non-hydrogen) atoms. The minimum atomic E-state index is 1.15. The number of hydrogen-bond acceptors (Lipinski definition) is 1. The Balaban J connectivity index is 2.77. The van der Waals surface area contributed by atoms with Crippen molar-refractivity contribution in [2.45, 2.75) is 45.4 Å². The van der Waals surface area contributed by atoms with Crippen LogP contribution in [0.5, 0.6) is 0 Å². The Morgan fingerprint density at radius 2 is 1.80 bits per heavy atom. The molecule has 0 aromatic rings. The lowest BCUT2D eigenvalue weighted by Crippen LogP contribution is -1.78. The highest BCUT2D eigenvalue weighted by Crippen LogP contribution is 2.04. The van der Waals surface area contributed by atoms with E-state index in [1.165, 1.54) is 32.1 Å². The summed E-state index contributed by atoms with van der Waals surface area (Å²) in [6.07, 6.45) is 11.6. The second-order valence-corrected chi connectivity index (χ2v) is 2.63. The van der Waals surface area contributed by atoms with Crippen LogP contribution in [0.25, 0.3) is 0 Å². The van der Waals surface area contributed by atoms with E-state index in [1.54, 1.807) is 6.20 Å². The normalized spacial score (nSPS) is 10.9. The smallest absolute Gasteiger partial charge is 0.0103 e. The largest absolute Gasteiger partial charge is 0.405 e. The highest BCUT2D eigenvalue weighted by Gasteiger charge is 1.85. The van der Waals surface area contributed by atoms with Gasteiger partial charge >= 0.3 is 0 Å². The average Bonchev–Trinajstić information content (AvgIpc) is 1.97. The Hall–Kier alpha value is -0.460.